The Hall–Kier alpha value is -1.35. The zero-order chi connectivity index (χ0) is 9.54. The fourth-order valence-corrected chi connectivity index (χ4v) is 2.13. The van der Waals surface area contributed by atoms with Gasteiger partial charge in [0, 0.05) is 36.1 Å². The van der Waals surface area contributed by atoms with Crippen molar-refractivity contribution >= 4 is 10.9 Å². The lowest BCUT2D eigenvalue weighted by atomic mass is 10.1. The van der Waals surface area contributed by atoms with E-state index < -0.39 is 0 Å². The number of nitrogens with one attached hydrogen (secondary N) is 2. The number of fused-ring (bicyclic) bond motifs is 3. The molecule has 0 atom stereocenters. The van der Waals surface area contributed by atoms with E-state index in [1.807, 2.05) is 6.07 Å². The molecular formula is C11H11FN2. The topological polar surface area (TPSA) is 27.8 Å². The van der Waals surface area contributed by atoms with Crippen molar-refractivity contribution in [3.63, 3.8) is 0 Å². The van der Waals surface area contributed by atoms with Gasteiger partial charge in [-0.2, -0.15) is 0 Å². The van der Waals surface area contributed by atoms with Gasteiger partial charge >= 0.3 is 0 Å². The van der Waals surface area contributed by atoms with Gasteiger partial charge in [0.05, 0.1) is 0 Å². The van der Waals surface area contributed by atoms with E-state index in [1.165, 1.54) is 17.3 Å². The number of aromatic nitrogens is 1. The van der Waals surface area contributed by atoms with E-state index in [0.717, 1.165) is 30.4 Å². The molecule has 2 aromatic rings. The summed E-state index contributed by atoms with van der Waals surface area (Å²) in [5.41, 5.74) is 3.47. The van der Waals surface area contributed by atoms with E-state index in [4.69, 9.17) is 0 Å². The molecule has 1 aliphatic rings. The van der Waals surface area contributed by atoms with Gasteiger partial charge in [-0.1, -0.05) is 0 Å². The van der Waals surface area contributed by atoms with Gasteiger partial charge in [0.15, 0.2) is 0 Å². The summed E-state index contributed by atoms with van der Waals surface area (Å²) in [4.78, 5) is 3.28. The first kappa shape index (κ1) is 8.00. The molecule has 72 valence electrons. The van der Waals surface area contributed by atoms with Gasteiger partial charge in [-0.25, -0.2) is 4.39 Å². The highest BCUT2D eigenvalue weighted by Crippen LogP contribution is 2.25. The van der Waals surface area contributed by atoms with Crippen LogP contribution >= 0.6 is 0 Å². The lowest BCUT2D eigenvalue weighted by molar-refractivity contribution is 0.629. The normalized spacial score (nSPS) is 15.8. The third-order valence-electron chi connectivity index (χ3n) is 2.81. The van der Waals surface area contributed by atoms with Crippen LogP contribution in [0.2, 0.25) is 0 Å². The summed E-state index contributed by atoms with van der Waals surface area (Å²) in [6, 6.07) is 4.94. The molecule has 2 heterocycles. The van der Waals surface area contributed by atoms with Crippen LogP contribution in [0.5, 0.6) is 0 Å². The Morgan fingerprint density at radius 3 is 3.14 bits per heavy atom. The predicted molar refractivity (Wildman–Crippen MR) is 53.7 cm³/mol. The molecule has 2 N–H and O–H groups in total. The number of halogens is 1. The molecule has 0 unspecified atom stereocenters. The quantitative estimate of drug-likeness (QED) is 0.653. The molecule has 0 radical (unpaired) electrons. The highest BCUT2D eigenvalue weighted by Gasteiger charge is 2.14. The Kier molecular flexibility index (Phi) is 1.61. The fraction of sp³-hybridized carbons (Fsp3) is 0.273. The summed E-state index contributed by atoms with van der Waals surface area (Å²) >= 11 is 0. The number of benzene rings is 1. The minimum absolute atomic E-state index is 0.177. The first-order valence-electron chi connectivity index (χ1n) is 4.84. The zero-order valence-electron chi connectivity index (χ0n) is 7.73. The van der Waals surface area contributed by atoms with Crippen LogP contribution in [-0.4, -0.2) is 11.5 Å². The molecule has 1 aromatic carbocycles. The Balaban J connectivity index is 2.31. The van der Waals surface area contributed by atoms with E-state index in [2.05, 4.69) is 10.3 Å². The van der Waals surface area contributed by atoms with Crippen molar-refractivity contribution in [2.75, 3.05) is 6.54 Å². The molecule has 0 spiro atoms. The molecule has 0 amide bonds. The Morgan fingerprint density at radius 1 is 1.29 bits per heavy atom. The third-order valence-corrected chi connectivity index (χ3v) is 2.81. The molecule has 14 heavy (non-hydrogen) atoms. The molecule has 3 heteroatoms. The maximum Gasteiger partial charge on any atom is 0.125 e. The first-order chi connectivity index (χ1) is 6.84. The van der Waals surface area contributed by atoms with Crippen molar-refractivity contribution in [3.8, 4) is 0 Å². The molecule has 3 rings (SSSR count). The van der Waals surface area contributed by atoms with Gasteiger partial charge in [0.2, 0.25) is 0 Å². The van der Waals surface area contributed by atoms with Crippen molar-refractivity contribution in [1.82, 2.24) is 10.3 Å². The lowest BCUT2D eigenvalue weighted by Crippen LogP contribution is -2.22. The van der Waals surface area contributed by atoms with Crippen LogP contribution in [-0.2, 0) is 13.0 Å². The summed E-state index contributed by atoms with van der Waals surface area (Å²) in [6.45, 7) is 1.89. The maximum atomic E-state index is 13.0. The summed E-state index contributed by atoms with van der Waals surface area (Å²) in [5.74, 6) is -0.177. The average molecular weight is 190 g/mol. The largest absolute Gasteiger partial charge is 0.358 e. The van der Waals surface area contributed by atoms with Crippen molar-refractivity contribution in [2.24, 2.45) is 0 Å². The number of rotatable bonds is 0. The van der Waals surface area contributed by atoms with Gasteiger partial charge in [0.25, 0.3) is 0 Å². The average Bonchev–Trinajstić information content (AvgIpc) is 2.54. The smallest absolute Gasteiger partial charge is 0.125 e. The summed E-state index contributed by atoms with van der Waals surface area (Å²) in [5, 5.41) is 4.47. The highest BCUT2D eigenvalue weighted by atomic mass is 19.1. The van der Waals surface area contributed by atoms with Crippen molar-refractivity contribution in [1.29, 1.82) is 0 Å². The molecule has 0 bridgehead atoms. The number of hydrogen-bond acceptors (Lipinski definition) is 1. The minimum atomic E-state index is -0.177. The second-order valence-electron chi connectivity index (χ2n) is 3.70. The third kappa shape index (κ3) is 1.06. The Labute approximate surface area is 81.1 Å². The van der Waals surface area contributed by atoms with Crippen LogP contribution in [0.15, 0.2) is 18.2 Å². The van der Waals surface area contributed by atoms with E-state index in [-0.39, 0.29) is 5.82 Å². The predicted octanol–water partition coefficient (Wildman–Crippen LogP) is 1.95. The molecule has 0 fully saturated rings. The van der Waals surface area contributed by atoms with Crippen LogP contribution in [0.25, 0.3) is 10.9 Å². The van der Waals surface area contributed by atoms with Crippen LogP contribution in [0.4, 0.5) is 4.39 Å². The highest BCUT2D eigenvalue weighted by molar-refractivity contribution is 5.84. The van der Waals surface area contributed by atoms with Gasteiger partial charge < -0.3 is 10.3 Å². The number of hydrogen-bond donors (Lipinski definition) is 2. The van der Waals surface area contributed by atoms with Crippen LogP contribution in [0.3, 0.4) is 0 Å². The Morgan fingerprint density at radius 2 is 2.21 bits per heavy atom. The monoisotopic (exact) mass is 190 g/mol. The van der Waals surface area contributed by atoms with E-state index in [1.54, 1.807) is 6.07 Å². The van der Waals surface area contributed by atoms with Gasteiger partial charge in [0.1, 0.15) is 5.82 Å². The fourth-order valence-electron chi connectivity index (χ4n) is 2.13. The maximum absolute atomic E-state index is 13.0. The lowest BCUT2D eigenvalue weighted by Gasteiger charge is -2.12. The summed E-state index contributed by atoms with van der Waals surface area (Å²) in [7, 11) is 0. The zero-order valence-corrected chi connectivity index (χ0v) is 7.73. The molecule has 0 aliphatic carbocycles. The number of H-pyrrole nitrogens is 1. The van der Waals surface area contributed by atoms with E-state index in [0.29, 0.717) is 0 Å². The van der Waals surface area contributed by atoms with Gasteiger partial charge in [-0.05, 0) is 23.8 Å². The summed E-state index contributed by atoms with van der Waals surface area (Å²) < 4.78 is 13.0. The van der Waals surface area contributed by atoms with E-state index >= 15 is 0 Å². The molecule has 0 saturated carbocycles. The van der Waals surface area contributed by atoms with Gasteiger partial charge in [-0.15, -0.1) is 0 Å². The van der Waals surface area contributed by atoms with E-state index in [9.17, 15) is 4.39 Å². The molecule has 1 aliphatic heterocycles. The van der Waals surface area contributed by atoms with Gasteiger partial charge in [-0.3, -0.25) is 0 Å². The molecule has 0 saturated heterocycles. The first-order valence-corrected chi connectivity index (χ1v) is 4.84. The Bertz CT molecular complexity index is 487. The standard InChI is InChI=1S/C11H11FN2/c12-7-1-2-8-9-6-13-4-3-10(9)14-11(8)5-7/h1-2,5,13-14H,3-4,6H2. The van der Waals surface area contributed by atoms with Crippen molar-refractivity contribution in [2.45, 2.75) is 13.0 Å². The molecule has 2 nitrogen and oxygen atoms in total. The van der Waals surface area contributed by atoms with Crippen LogP contribution in [0, 0.1) is 5.82 Å². The SMILES string of the molecule is Fc1ccc2c3c([nH]c2c1)CCNC3. The van der Waals surface area contributed by atoms with Crippen molar-refractivity contribution in [3.05, 3.63) is 35.3 Å². The van der Waals surface area contributed by atoms with Crippen molar-refractivity contribution < 1.29 is 4.39 Å². The second kappa shape index (κ2) is 2.82. The molecular weight excluding hydrogens is 179 g/mol. The molecule has 1 aromatic heterocycles. The van der Waals surface area contributed by atoms with Crippen LogP contribution < -0.4 is 5.32 Å². The number of aromatic amines is 1. The second-order valence-corrected chi connectivity index (χ2v) is 3.70. The summed E-state index contributed by atoms with van der Waals surface area (Å²) in [6.07, 6.45) is 1.01. The van der Waals surface area contributed by atoms with Crippen LogP contribution in [0.1, 0.15) is 11.3 Å². The minimum Gasteiger partial charge on any atom is -0.358 e.